The number of carboxylic acid groups (broad SMARTS) is 1. The van der Waals surface area contributed by atoms with E-state index < -0.39 is 5.97 Å². The van der Waals surface area contributed by atoms with Gasteiger partial charge in [-0.3, -0.25) is 0 Å². The van der Waals surface area contributed by atoms with E-state index in [0.717, 1.165) is 13.1 Å². The van der Waals surface area contributed by atoms with Gasteiger partial charge in [0.1, 0.15) is 0 Å². The Morgan fingerprint density at radius 2 is 1.81 bits per heavy atom. The molecule has 4 atom stereocenters. The zero-order valence-electron chi connectivity index (χ0n) is 10.3. The van der Waals surface area contributed by atoms with Gasteiger partial charge in [-0.05, 0) is 37.1 Å². The van der Waals surface area contributed by atoms with Crippen LogP contribution in [0.3, 0.4) is 0 Å². The van der Waals surface area contributed by atoms with Gasteiger partial charge in [-0.25, -0.2) is 4.79 Å². The van der Waals surface area contributed by atoms with Crippen molar-refractivity contribution in [2.45, 2.75) is 20.3 Å². The minimum absolute atomic E-state index is 0.455. The van der Waals surface area contributed by atoms with Gasteiger partial charge < -0.3 is 10.0 Å². The molecular formula is C13H21NO2. The number of aliphatic carboxylic acids is 1. The molecular weight excluding hydrogens is 202 g/mol. The van der Waals surface area contributed by atoms with Crippen LogP contribution < -0.4 is 0 Å². The first-order valence-electron chi connectivity index (χ1n) is 6.12. The lowest BCUT2D eigenvalue weighted by atomic mass is 9.64. The summed E-state index contributed by atoms with van der Waals surface area (Å²) in [6.07, 6.45) is 2.72. The summed E-state index contributed by atoms with van der Waals surface area (Å²) in [4.78, 5) is 13.3. The summed E-state index contributed by atoms with van der Waals surface area (Å²) in [5, 5.41) is 8.97. The fourth-order valence-electron chi connectivity index (χ4n) is 3.52. The number of hydrogen-bond acceptors (Lipinski definition) is 2. The molecule has 1 aliphatic carbocycles. The highest BCUT2D eigenvalue weighted by atomic mass is 16.4. The molecule has 1 saturated carbocycles. The predicted molar refractivity (Wildman–Crippen MR) is 63.1 cm³/mol. The Morgan fingerprint density at radius 1 is 1.31 bits per heavy atom. The molecule has 0 aromatic carbocycles. The summed E-state index contributed by atoms with van der Waals surface area (Å²) in [5.41, 5.74) is 1.19. The molecule has 2 fully saturated rings. The van der Waals surface area contributed by atoms with Crippen LogP contribution in [0.2, 0.25) is 0 Å². The van der Waals surface area contributed by atoms with Gasteiger partial charge in [-0.1, -0.05) is 19.4 Å². The second-order valence-corrected chi connectivity index (χ2v) is 5.61. The second-order valence-electron chi connectivity index (χ2n) is 5.61. The number of piperidine rings is 1. The van der Waals surface area contributed by atoms with E-state index in [1.54, 1.807) is 0 Å². The first-order valence-corrected chi connectivity index (χ1v) is 6.12. The van der Waals surface area contributed by atoms with Crippen molar-refractivity contribution in [2.24, 2.45) is 23.7 Å². The van der Waals surface area contributed by atoms with E-state index in [4.69, 9.17) is 5.11 Å². The fourth-order valence-corrected chi connectivity index (χ4v) is 3.52. The van der Waals surface area contributed by atoms with Crippen LogP contribution in [-0.4, -0.2) is 36.1 Å². The van der Waals surface area contributed by atoms with Crippen molar-refractivity contribution < 1.29 is 9.90 Å². The molecule has 0 aromatic rings. The normalized spacial score (nSPS) is 39.6. The maximum absolute atomic E-state index is 10.9. The first-order chi connectivity index (χ1) is 7.49. The lowest BCUT2D eigenvalue weighted by Crippen LogP contribution is -2.48. The highest BCUT2D eigenvalue weighted by Crippen LogP contribution is 2.45. The van der Waals surface area contributed by atoms with E-state index in [9.17, 15) is 4.79 Å². The smallest absolute Gasteiger partial charge is 0.328 e. The molecule has 0 amide bonds. The largest absolute Gasteiger partial charge is 0.478 e. The van der Waals surface area contributed by atoms with Gasteiger partial charge in [-0.2, -0.15) is 0 Å². The van der Waals surface area contributed by atoms with Gasteiger partial charge in [0.25, 0.3) is 0 Å². The van der Waals surface area contributed by atoms with Crippen LogP contribution in [0.4, 0.5) is 0 Å². The number of nitrogens with zero attached hydrogens (tertiary/aromatic N) is 1. The number of carbonyl (C=O) groups is 1. The lowest BCUT2D eigenvalue weighted by molar-refractivity contribution is -0.131. The van der Waals surface area contributed by atoms with Crippen LogP contribution >= 0.6 is 0 Å². The van der Waals surface area contributed by atoms with E-state index in [-0.39, 0.29) is 0 Å². The molecule has 1 saturated heterocycles. The van der Waals surface area contributed by atoms with Gasteiger partial charge in [0.15, 0.2) is 0 Å². The molecule has 2 rings (SSSR count). The average Bonchev–Trinajstić information content (AvgIpc) is 2.16. The van der Waals surface area contributed by atoms with E-state index in [1.165, 1.54) is 18.1 Å². The quantitative estimate of drug-likeness (QED) is 0.690. The molecule has 1 N–H and O–H groups in total. The van der Waals surface area contributed by atoms with E-state index in [1.807, 2.05) is 0 Å². The van der Waals surface area contributed by atoms with Crippen LogP contribution in [0.1, 0.15) is 20.3 Å². The van der Waals surface area contributed by atoms with Crippen molar-refractivity contribution >= 4 is 5.97 Å². The molecule has 1 heterocycles. The van der Waals surface area contributed by atoms with E-state index in [2.05, 4.69) is 25.8 Å². The summed E-state index contributed by atoms with van der Waals surface area (Å²) >= 11 is 0. The monoisotopic (exact) mass is 223 g/mol. The number of fused-ring (bicyclic) bond motifs is 2. The average molecular weight is 223 g/mol. The fraction of sp³-hybridized carbons (Fsp3) is 0.769. The Kier molecular flexibility index (Phi) is 3.06. The van der Waals surface area contributed by atoms with Crippen LogP contribution in [-0.2, 0) is 4.79 Å². The lowest BCUT2D eigenvalue weighted by Gasteiger charge is -2.48. The number of rotatable bonds is 1. The van der Waals surface area contributed by atoms with Crippen LogP contribution in [0.5, 0.6) is 0 Å². The highest BCUT2D eigenvalue weighted by Gasteiger charge is 2.41. The number of carboxylic acids is 1. The Bertz CT molecular complexity index is 304. The Hall–Kier alpha value is -0.830. The van der Waals surface area contributed by atoms with Crippen molar-refractivity contribution in [3.05, 3.63) is 11.6 Å². The van der Waals surface area contributed by atoms with Crippen molar-refractivity contribution in [1.29, 1.82) is 0 Å². The minimum atomic E-state index is -0.782. The molecule has 0 aromatic heterocycles. The molecule has 16 heavy (non-hydrogen) atoms. The summed E-state index contributed by atoms with van der Waals surface area (Å²) < 4.78 is 0. The highest BCUT2D eigenvalue weighted by molar-refractivity contribution is 5.81. The van der Waals surface area contributed by atoms with Gasteiger partial charge in [0, 0.05) is 19.2 Å². The van der Waals surface area contributed by atoms with Crippen molar-refractivity contribution in [3.8, 4) is 0 Å². The number of likely N-dealkylation sites (tertiary alicyclic amines) is 1. The molecule has 3 heteroatoms. The Morgan fingerprint density at radius 3 is 2.25 bits per heavy atom. The molecule has 90 valence electrons. The van der Waals surface area contributed by atoms with Gasteiger partial charge in [0.05, 0.1) is 0 Å². The SMILES string of the molecule is CC1CC(C)C2CN(C)CC1C2=CC(=O)O. The topological polar surface area (TPSA) is 40.5 Å². The van der Waals surface area contributed by atoms with Gasteiger partial charge >= 0.3 is 5.97 Å². The predicted octanol–water partition coefficient (Wildman–Crippen LogP) is 1.85. The summed E-state index contributed by atoms with van der Waals surface area (Å²) in [6.45, 7) is 6.55. The van der Waals surface area contributed by atoms with E-state index >= 15 is 0 Å². The van der Waals surface area contributed by atoms with E-state index in [0.29, 0.717) is 23.7 Å². The Balaban J connectivity index is 2.32. The van der Waals surface area contributed by atoms with Gasteiger partial charge in [0.2, 0.25) is 0 Å². The summed E-state index contributed by atoms with van der Waals surface area (Å²) in [7, 11) is 2.14. The van der Waals surface area contributed by atoms with Crippen molar-refractivity contribution in [3.63, 3.8) is 0 Å². The number of hydrogen-bond donors (Lipinski definition) is 1. The van der Waals surface area contributed by atoms with Crippen molar-refractivity contribution in [1.82, 2.24) is 4.90 Å². The van der Waals surface area contributed by atoms with Crippen molar-refractivity contribution in [2.75, 3.05) is 20.1 Å². The standard InChI is InChI=1S/C13H21NO2/c1-8-4-9(2)12-7-14(3)6-11(8)10(12)5-13(15)16/h5,8-9,11-12H,4,6-7H2,1-3H3,(H,15,16). The molecule has 0 radical (unpaired) electrons. The molecule has 4 unspecified atom stereocenters. The molecule has 0 spiro atoms. The zero-order valence-corrected chi connectivity index (χ0v) is 10.3. The van der Waals surface area contributed by atoms with Gasteiger partial charge in [-0.15, -0.1) is 0 Å². The second kappa shape index (κ2) is 4.21. The maximum Gasteiger partial charge on any atom is 0.328 e. The summed E-state index contributed by atoms with van der Waals surface area (Å²) in [5.74, 6) is 1.35. The maximum atomic E-state index is 10.9. The minimum Gasteiger partial charge on any atom is -0.478 e. The molecule has 1 aliphatic heterocycles. The van der Waals surface area contributed by atoms with Crippen LogP contribution in [0.15, 0.2) is 11.6 Å². The third-order valence-electron chi connectivity index (χ3n) is 4.28. The van der Waals surface area contributed by atoms with Crippen LogP contribution in [0.25, 0.3) is 0 Å². The third-order valence-corrected chi connectivity index (χ3v) is 4.28. The first kappa shape index (κ1) is 11.6. The summed E-state index contributed by atoms with van der Waals surface area (Å²) in [6, 6.07) is 0. The Labute approximate surface area is 97.1 Å². The van der Waals surface area contributed by atoms with Crippen LogP contribution in [0, 0.1) is 23.7 Å². The molecule has 2 bridgehead atoms. The third kappa shape index (κ3) is 2.01. The zero-order chi connectivity index (χ0) is 11.9. The molecule has 2 aliphatic rings. The molecule has 3 nitrogen and oxygen atoms in total.